The van der Waals surface area contributed by atoms with Crippen LogP contribution in [0.2, 0.25) is 0 Å². The Morgan fingerprint density at radius 3 is 2.38 bits per heavy atom. The van der Waals surface area contributed by atoms with Crippen LogP contribution in [0.15, 0.2) is 16.1 Å². The number of nitrogens with one attached hydrogen (secondary N) is 1. The largest absolute Gasteiger partial charge is 0.389 e. The summed E-state index contributed by atoms with van der Waals surface area (Å²) in [5, 5.41) is 29.0. The molecule has 0 radical (unpaired) electrons. The standard InChI is InChI=1S/C26H43N3O.HNO3/c1-22(2)10-7-11-23(3)18(22)9-8-16-20(23)17(30)14-25(5)19-15-28-21(27)29-26(19,6)13-12-24(16,25)4;2-1(3)4/h17-19,30H,7-15H2,1-6H3,(H3,27,28,29);(H,2,3,4)/t17-,18+,19-,23+,24-,25-,26-;/m1./s1. The number of aliphatic hydroxyl groups is 1. The minimum Gasteiger partial charge on any atom is -0.389 e. The normalized spacial score (nSPS) is 46.8. The molecular weight excluding hydrogens is 432 g/mol. The second kappa shape index (κ2) is 7.84. The summed E-state index contributed by atoms with van der Waals surface area (Å²) >= 11 is 0. The van der Waals surface area contributed by atoms with E-state index in [0.29, 0.717) is 23.2 Å². The van der Waals surface area contributed by atoms with Crippen LogP contribution in [-0.4, -0.2) is 39.5 Å². The molecule has 8 heteroatoms. The Bertz CT molecular complexity index is 928. The number of nitrogens with zero attached hydrogens (tertiary/aromatic N) is 2. The van der Waals surface area contributed by atoms with Crippen LogP contribution in [0.5, 0.6) is 0 Å². The molecule has 0 aromatic rings. The van der Waals surface area contributed by atoms with Gasteiger partial charge in [0, 0.05) is 18.0 Å². The molecule has 34 heavy (non-hydrogen) atoms. The van der Waals surface area contributed by atoms with Crippen molar-refractivity contribution in [1.82, 2.24) is 5.32 Å². The molecule has 0 amide bonds. The summed E-state index contributed by atoms with van der Waals surface area (Å²) in [4.78, 5) is 13.0. The Kier molecular flexibility index (Phi) is 5.82. The molecule has 7 atom stereocenters. The van der Waals surface area contributed by atoms with Crippen molar-refractivity contribution in [2.24, 2.45) is 44.2 Å². The van der Waals surface area contributed by atoms with Crippen molar-refractivity contribution in [1.29, 1.82) is 0 Å². The maximum absolute atomic E-state index is 11.8. The predicted octanol–water partition coefficient (Wildman–Crippen LogP) is 4.43. The van der Waals surface area contributed by atoms with Gasteiger partial charge in [0.25, 0.3) is 5.09 Å². The Labute approximate surface area is 203 Å². The van der Waals surface area contributed by atoms with Crippen molar-refractivity contribution in [3.63, 3.8) is 0 Å². The second-order valence-electron chi connectivity index (χ2n) is 13.3. The highest BCUT2D eigenvalue weighted by Crippen LogP contribution is 2.71. The van der Waals surface area contributed by atoms with E-state index in [4.69, 9.17) is 21.1 Å². The maximum atomic E-state index is 11.8. The summed E-state index contributed by atoms with van der Waals surface area (Å²) in [5.41, 5.74) is 9.87. The molecule has 2 saturated carbocycles. The number of fused-ring (bicyclic) bond motifs is 6. The average Bonchev–Trinajstić information content (AvgIpc) is 2.68. The topological polar surface area (TPSA) is 134 Å². The highest BCUT2D eigenvalue weighted by atomic mass is 16.9. The van der Waals surface area contributed by atoms with Gasteiger partial charge in [-0.15, -0.1) is 10.1 Å². The Morgan fingerprint density at radius 1 is 1.09 bits per heavy atom. The first-order valence-electron chi connectivity index (χ1n) is 12.9. The fourth-order valence-electron chi connectivity index (χ4n) is 9.57. The molecule has 0 unspecified atom stereocenters. The fourth-order valence-corrected chi connectivity index (χ4v) is 9.57. The zero-order chi connectivity index (χ0) is 25.3. The van der Waals surface area contributed by atoms with Crippen LogP contribution in [0, 0.1) is 43.6 Å². The van der Waals surface area contributed by atoms with E-state index < -0.39 is 5.09 Å². The first-order chi connectivity index (χ1) is 15.6. The zero-order valence-electron chi connectivity index (χ0n) is 21.8. The van der Waals surface area contributed by atoms with Crippen molar-refractivity contribution in [2.75, 3.05) is 6.54 Å². The lowest BCUT2D eigenvalue weighted by atomic mass is 9.38. The van der Waals surface area contributed by atoms with Gasteiger partial charge >= 0.3 is 0 Å². The number of rotatable bonds is 0. The monoisotopic (exact) mass is 476 g/mol. The molecule has 8 nitrogen and oxygen atoms in total. The summed E-state index contributed by atoms with van der Waals surface area (Å²) < 4.78 is 0. The van der Waals surface area contributed by atoms with Crippen LogP contribution >= 0.6 is 0 Å². The molecule has 5 aliphatic rings. The number of allylic oxidation sites excluding steroid dienone is 1. The van der Waals surface area contributed by atoms with Gasteiger partial charge < -0.3 is 21.4 Å². The van der Waals surface area contributed by atoms with Gasteiger partial charge in [0.2, 0.25) is 0 Å². The van der Waals surface area contributed by atoms with E-state index in [1.807, 2.05) is 0 Å². The van der Waals surface area contributed by atoms with Gasteiger partial charge in [-0.05, 0) is 85.0 Å². The maximum Gasteiger partial charge on any atom is 0.291 e. The number of guanidine groups is 1. The van der Waals surface area contributed by atoms with E-state index >= 15 is 0 Å². The molecule has 192 valence electrons. The van der Waals surface area contributed by atoms with Crippen molar-refractivity contribution in [3.8, 4) is 0 Å². The zero-order valence-corrected chi connectivity index (χ0v) is 21.8. The molecule has 0 aromatic heterocycles. The molecule has 1 heterocycles. The third-order valence-corrected chi connectivity index (χ3v) is 11.3. The molecule has 0 aromatic carbocycles. The predicted molar refractivity (Wildman–Crippen MR) is 132 cm³/mol. The summed E-state index contributed by atoms with van der Waals surface area (Å²) in [5.74, 6) is 1.68. The molecule has 0 spiro atoms. The molecular formula is C26H44N4O4. The third-order valence-electron chi connectivity index (χ3n) is 11.3. The van der Waals surface area contributed by atoms with Crippen LogP contribution in [0.4, 0.5) is 0 Å². The second-order valence-corrected chi connectivity index (χ2v) is 13.3. The summed E-state index contributed by atoms with van der Waals surface area (Å²) in [6, 6.07) is 0. The minimum atomic E-state index is -1.50. The van der Waals surface area contributed by atoms with E-state index in [1.54, 1.807) is 5.57 Å². The minimum absolute atomic E-state index is 0.0220. The highest BCUT2D eigenvalue weighted by molar-refractivity contribution is 5.79. The average molecular weight is 477 g/mol. The van der Waals surface area contributed by atoms with Crippen molar-refractivity contribution in [3.05, 3.63) is 21.3 Å². The van der Waals surface area contributed by atoms with Crippen LogP contribution in [0.1, 0.15) is 92.9 Å². The highest BCUT2D eigenvalue weighted by Gasteiger charge is 2.66. The lowest BCUT2D eigenvalue weighted by Gasteiger charge is -2.68. The van der Waals surface area contributed by atoms with Crippen LogP contribution < -0.4 is 11.1 Å². The van der Waals surface area contributed by atoms with Crippen LogP contribution in [0.3, 0.4) is 0 Å². The van der Waals surface area contributed by atoms with Gasteiger partial charge in [-0.25, -0.2) is 0 Å². The van der Waals surface area contributed by atoms with Gasteiger partial charge in [-0.2, -0.15) is 0 Å². The molecule has 5 N–H and O–H groups in total. The molecule has 5 rings (SSSR count). The summed E-state index contributed by atoms with van der Waals surface area (Å²) in [7, 11) is 0. The number of aliphatic imine (C=N–C) groups is 1. The van der Waals surface area contributed by atoms with E-state index in [2.05, 4.69) is 51.9 Å². The lowest BCUT2D eigenvalue weighted by molar-refractivity contribution is -0.742. The fraction of sp³-hybridized carbons (Fsp3) is 0.885. The number of nitrogens with two attached hydrogens (primary N) is 1. The lowest BCUT2D eigenvalue weighted by Crippen LogP contribution is -2.69. The first kappa shape index (κ1) is 25.3. The van der Waals surface area contributed by atoms with E-state index in [9.17, 15) is 5.11 Å². The summed E-state index contributed by atoms with van der Waals surface area (Å²) in [6.07, 6.45) is 9.16. The smallest absolute Gasteiger partial charge is 0.291 e. The molecule has 1 aliphatic heterocycles. The first-order valence-corrected chi connectivity index (χ1v) is 12.9. The number of hydrogen-bond donors (Lipinski definition) is 4. The van der Waals surface area contributed by atoms with Gasteiger partial charge in [-0.3, -0.25) is 4.99 Å². The molecule has 0 saturated heterocycles. The Balaban J connectivity index is 0.000000636. The molecule has 4 aliphatic carbocycles. The van der Waals surface area contributed by atoms with Crippen LogP contribution in [-0.2, 0) is 0 Å². The van der Waals surface area contributed by atoms with Crippen molar-refractivity contribution >= 4 is 5.96 Å². The van der Waals surface area contributed by atoms with Crippen molar-refractivity contribution < 1.29 is 15.4 Å². The van der Waals surface area contributed by atoms with E-state index in [-0.39, 0.29) is 27.9 Å². The Hall–Kier alpha value is -1.83. The van der Waals surface area contributed by atoms with Gasteiger partial charge in [0.15, 0.2) is 5.96 Å². The van der Waals surface area contributed by atoms with Crippen molar-refractivity contribution in [2.45, 2.75) is 105 Å². The van der Waals surface area contributed by atoms with Gasteiger partial charge in [0.1, 0.15) is 0 Å². The third kappa shape index (κ3) is 3.46. The van der Waals surface area contributed by atoms with E-state index in [0.717, 1.165) is 19.4 Å². The number of aliphatic hydroxyl groups excluding tert-OH is 1. The molecule has 2 fully saturated rings. The Morgan fingerprint density at radius 2 is 1.74 bits per heavy atom. The summed E-state index contributed by atoms with van der Waals surface area (Å²) in [6.45, 7) is 15.6. The molecule has 0 bridgehead atoms. The van der Waals surface area contributed by atoms with Gasteiger partial charge in [0.05, 0.1) is 6.10 Å². The number of hydrogen-bond acceptors (Lipinski definition) is 6. The quantitative estimate of drug-likeness (QED) is 0.232. The van der Waals surface area contributed by atoms with E-state index in [1.165, 1.54) is 44.1 Å². The SMILES string of the molecule is CC1(C)CCC[C@]2(C)C3=C(CC[C@@H]12)[C@@]1(C)CC[C@@]2(C)NC(N)=NC[C@@H]2[C@@]1(C)C[C@H]3O.O=[N+]([O-])O. The van der Waals surface area contributed by atoms with Gasteiger partial charge in [-0.1, -0.05) is 46.6 Å². The van der Waals surface area contributed by atoms with Crippen LogP contribution in [0.25, 0.3) is 0 Å².